The quantitative estimate of drug-likeness (QED) is 0.461. The lowest BCUT2D eigenvalue weighted by molar-refractivity contribution is -0.124. The van der Waals surface area contributed by atoms with Gasteiger partial charge in [-0.05, 0) is 29.8 Å². The van der Waals surface area contributed by atoms with Crippen molar-refractivity contribution in [1.82, 2.24) is 15.4 Å². The lowest BCUT2D eigenvalue weighted by atomic mass is 10.1. The molecule has 2 heterocycles. The predicted octanol–water partition coefficient (Wildman–Crippen LogP) is 4.15. The van der Waals surface area contributed by atoms with Crippen LogP contribution in [0.2, 0.25) is 0 Å². The average Bonchev–Trinajstić information content (AvgIpc) is 3.42. The molecule has 0 saturated heterocycles. The minimum absolute atomic E-state index is 0.221. The van der Waals surface area contributed by atoms with Gasteiger partial charge in [-0.2, -0.15) is 5.01 Å². The summed E-state index contributed by atoms with van der Waals surface area (Å²) in [6.45, 7) is 0. The number of aromatic nitrogens is 1. The van der Waals surface area contributed by atoms with Crippen molar-refractivity contribution in [1.29, 1.82) is 0 Å². The van der Waals surface area contributed by atoms with Gasteiger partial charge in [0.2, 0.25) is 0 Å². The zero-order valence-corrected chi connectivity index (χ0v) is 17.8. The average molecular weight is 436 g/mol. The van der Waals surface area contributed by atoms with Gasteiger partial charge in [-0.25, -0.2) is 4.99 Å². The van der Waals surface area contributed by atoms with E-state index in [1.165, 1.54) is 5.01 Å². The SMILES string of the molecule is COc1ccc(/C=C2/N=C(c3ccccc3)N(NC(=O)c3c[nH]c4ccccc34)C2=O)cc1. The van der Waals surface area contributed by atoms with Gasteiger partial charge in [0.25, 0.3) is 11.8 Å². The fraction of sp³-hybridized carbons (Fsp3) is 0.0385. The molecule has 7 heteroatoms. The topological polar surface area (TPSA) is 86.8 Å². The van der Waals surface area contributed by atoms with Crippen molar-refractivity contribution in [2.45, 2.75) is 0 Å². The fourth-order valence-corrected chi connectivity index (χ4v) is 3.68. The Morgan fingerprint density at radius 1 is 1.00 bits per heavy atom. The summed E-state index contributed by atoms with van der Waals surface area (Å²) < 4.78 is 5.19. The predicted molar refractivity (Wildman–Crippen MR) is 127 cm³/mol. The van der Waals surface area contributed by atoms with Crippen LogP contribution >= 0.6 is 0 Å². The van der Waals surface area contributed by atoms with Gasteiger partial charge < -0.3 is 9.72 Å². The second-order valence-electron chi connectivity index (χ2n) is 7.43. The molecule has 1 aliphatic rings. The number of nitrogens with zero attached hydrogens (tertiary/aromatic N) is 2. The number of hydrogen-bond acceptors (Lipinski definition) is 4. The first kappa shape index (κ1) is 20.3. The van der Waals surface area contributed by atoms with Crippen LogP contribution in [0.5, 0.6) is 5.75 Å². The number of amides is 2. The van der Waals surface area contributed by atoms with Crippen molar-refractivity contribution in [3.63, 3.8) is 0 Å². The van der Waals surface area contributed by atoms with Gasteiger partial charge in [0, 0.05) is 22.7 Å². The number of hydrogen-bond donors (Lipinski definition) is 2. The van der Waals surface area contributed by atoms with Crippen LogP contribution in [0.25, 0.3) is 17.0 Å². The third kappa shape index (κ3) is 3.87. The molecule has 3 aromatic carbocycles. The molecule has 1 aliphatic heterocycles. The molecule has 0 fully saturated rings. The Balaban J connectivity index is 1.49. The molecule has 0 atom stereocenters. The number of ether oxygens (including phenoxy) is 1. The number of fused-ring (bicyclic) bond motifs is 1. The highest BCUT2D eigenvalue weighted by atomic mass is 16.5. The Hall–Kier alpha value is -4.65. The summed E-state index contributed by atoms with van der Waals surface area (Å²) in [5.74, 6) is 0.248. The summed E-state index contributed by atoms with van der Waals surface area (Å²) in [5.41, 5.74) is 5.75. The summed E-state index contributed by atoms with van der Waals surface area (Å²) in [6.07, 6.45) is 3.32. The van der Waals surface area contributed by atoms with Gasteiger partial charge in [0.1, 0.15) is 11.4 Å². The first-order valence-corrected chi connectivity index (χ1v) is 10.4. The molecule has 4 aromatic rings. The van der Waals surface area contributed by atoms with Crippen molar-refractivity contribution in [3.8, 4) is 5.75 Å². The molecule has 2 N–H and O–H groups in total. The maximum absolute atomic E-state index is 13.3. The Bertz CT molecular complexity index is 1400. The Morgan fingerprint density at radius 3 is 2.48 bits per heavy atom. The number of hydrazine groups is 1. The van der Waals surface area contributed by atoms with Crippen LogP contribution < -0.4 is 10.2 Å². The molecular weight excluding hydrogens is 416 g/mol. The largest absolute Gasteiger partial charge is 0.497 e. The molecule has 0 saturated carbocycles. The highest BCUT2D eigenvalue weighted by Crippen LogP contribution is 2.23. The zero-order valence-electron chi connectivity index (χ0n) is 17.8. The van der Waals surface area contributed by atoms with Crippen LogP contribution in [0, 0.1) is 0 Å². The first-order chi connectivity index (χ1) is 16.1. The second-order valence-corrected chi connectivity index (χ2v) is 7.43. The number of aliphatic imine (C=N–C) groups is 1. The molecule has 33 heavy (non-hydrogen) atoms. The van der Waals surface area contributed by atoms with Crippen LogP contribution in [0.15, 0.2) is 95.7 Å². The highest BCUT2D eigenvalue weighted by Gasteiger charge is 2.33. The van der Waals surface area contributed by atoms with Crippen molar-refractivity contribution < 1.29 is 14.3 Å². The molecule has 0 unspecified atom stereocenters. The van der Waals surface area contributed by atoms with Crippen molar-refractivity contribution in [2.24, 2.45) is 4.99 Å². The molecular formula is C26H20N4O3. The number of aromatic amines is 1. The number of rotatable bonds is 5. The molecule has 1 aromatic heterocycles. The Morgan fingerprint density at radius 2 is 1.73 bits per heavy atom. The minimum Gasteiger partial charge on any atom is -0.497 e. The maximum atomic E-state index is 13.3. The summed E-state index contributed by atoms with van der Waals surface area (Å²) in [4.78, 5) is 34.0. The van der Waals surface area contributed by atoms with E-state index < -0.39 is 11.8 Å². The summed E-state index contributed by atoms with van der Waals surface area (Å²) >= 11 is 0. The van der Waals surface area contributed by atoms with E-state index in [1.54, 1.807) is 19.4 Å². The summed E-state index contributed by atoms with van der Waals surface area (Å²) in [6, 6.07) is 24.1. The molecule has 162 valence electrons. The molecule has 0 radical (unpaired) electrons. The number of benzene rings is 3. The molecule has 7 nitrogen and oxygen atoms in total. The normalized spacial score (nSPS) is 14.6. The van der Waals surface area contributed by atoms with E-state index in [1.807, 2.05) is 78.9 Å². The van der Waals surface area contributed by atoms with Crippen LogP contribution in [0.3, 0.4) is 0 Å². The molecule has 0 aliphatic carbocycles. The van der Waals surface area contributed by atoms with Crippen LogP contribution in [-0.4, -0.2) is 34.8 Å². The number of para-hydroxylation sites is 1. The lowest BCUT2D eigenvalue weighted by Gasteiger charge is -2.19. The fourth-order valence-electron chi connectivity index (χ4n) is 3.68. The van der Waals surface area contributed by atoms with Gasteiger partial charge in [-0.15, -0.1) is 0 Å². The number of amidine groups is 1. The number of nitrogens with one attached hydrogen (secondary N) is 2. The molecule has 5 rings (SSSR count). The van der Waals surface area contributed by atoms with E-state index in [0.29, 0.717) is 17.0 Å². The van der Waals surface area contributed by atoms with Gasteiger partial charge in [-0.3, -0.25) is 15.0 Å². The zero-order chi connectivity index (χ0) is 22.8. The Kier molecular flexibility index (Phi) is 5.20. The highest BCUT2D eigenvalue weighted by molar-refractivity contribution is 6.21. The third-order valence-corrected chi connectivity index (χ3v) is 5.36. The molecule has 0 spiro atoms. The second kappa shape index (κ2) is 8.47. The van der Waals surface area contributed by atoms with Crippen molar-refractivity contribution in [2.75, 3.05) is 7.11 Å². The van der Waals surface area contributed by atoms with Gasteiger partial charge in [-0.1, -0.05) is 60.7 Å². The van der Waals surface area contributed by atoms with Gasteiger partial charge in [0.05, 0.1) is 12.7 Å². The third-order valence-electron chi connectivity index (χ3n) is 5.36. The monoisotopic (exact) mass is 436 g/mol. The van der Waals surface area contributed by atoms with E-state index in [-0.39, 0.29) is 5.70 Å². The summed E-state index contributed by atoms with van der Waals surface area (Å²) in [7, 11) is 1.60. The number of carbonyl (C=O) groups is 2. The summed E-state index contributed by atoms with van der Waals surface area (Å²) in [5, 5.41) is 1.98. The van der Waals surface area contributed by atoms with Crippen molar-refractivity contribution >= 4 is 34.6 Å². The first-order valence-electron chi connectivity index (χ1n) is 10.4. The lowest BCUT2D eigenvalue weighted by Crippen LogP contribution is -2.47. The van der Waals surface area contributed by atoms with Gasteiger partial charge >= 0.3 is 0 Å². The van der Waals surface area contributed by atoms with Crippen LogP contribution in [-0.2, 0) is 4.79 Å². The van der Waals surface area contributed by atoms with E-state index in [9.17, 15) is 9.59 Å². The smallest absolute Gasteiger partial charge is 0.297 e. The number of H-pyrrole nitrogens is 1. The number of methoxy groups -OCH3 is 1. The van der Waals surface area contributed by atoms with Crippen LogP contribution in [0.4, 0.5) is 0 Å². The van der Waals surface area contributed by atoms with Crippen molar-refractivity contribution in [3.05, 3.63) is 107 Å². The van der Waals surface area contributed by atoms with E-state index in [2.05, 4.69) is 15.4 Å². The van der Waals surface area contributed by atoms with Gasteiger partial charge in [0.15, 0.2) is 5.84 Å². The van der Waals surface area contributed by atoms with E-state index >= 15 is 0 Å². The number of carbonyl (C=O) groups excluding carboxylic acids is 2. The van der Waals surface area contributed by atoms with E-state index in [4.69, 9.17) is 4.74 Å². The van der Waals surface area contributed by atoms with E-state index in [0.717, 1.165) is 22.2 Å². The minimum atomic E-state index is -0.419. The Labute approximate surface area is 190 Å². The molecule has 2 amide bonds. The van der Waals surface area contributed by atoms with Crippen LogP contribution in [0.1, 0.15) is 21.5 Å². The standard InChI is InChI=1S/C26H20N4O3/c1-33-19-13-11-17(12-14-19)15-23-26(32)30(24(28-23)18-7-3-2-4-8-18)29-25(31)21-16-27-22-10-6-5-9-20(21)22/h2-16,27H,1H3,(H,29,31)/b23-15+. The maximum Gasteiger partial charge on any atom is 0.297 e. The molecule has 0 bridgehead atoms.